The highest BCUT2D eigenvalue weighted by molar-refractivity contribution is 5.92. The van der Waals surface area contributed by atoms with Crippen molar-refractivity contribution >= 4 is 12.0 Å². The van der Waals surface area contributed by atoms with Gasteiger partial charge in [-0.3, -0.25) is 9.89 Å². The standard InChI is InChI=1S/C15H23N3O2/c1-4-15(5-2)12(8-13(15)20-3)18-14(19)7-6-11-9-16-17-10-11/h6-7,9-10,12-13H,4-5,8H2,1-3H3,(H,16,17)(H,18,19). The predicted molar refractivity (Wildman–Crippen MR) is 78.0 cm³/mol. The second kappa shape index (κ2) is 6.22. The van der Waals surface area contributed by atoms with Crippen molar-refractivity contribution in [1.29, 1.82) is 0 Å². The third kappa shape index (κ3) is 2.63. The Morgan fingerprint density at radius 3 is 2.90 bits per heavy atom. The topological polar surface area (TPSA) is 67.0 Å². The highest BCUT2D eigenvalue weighted by atomic mass is 16.5. The summed E-state index contributed by atoms with van der Waals surface area (Å²) < 4.78 is 5.53. The van der Waals surface area contributed by atoms with Gasteiger partial charge in [-0.15, -0.1) is 0 Å². The minimum atomic E-state index is -0.0583. The first-order valence-corrected chi connectivity index (χ1v) is 7.16. The lowest BCUT2D eigenvalue weighted by molar-refractivity contribution is -0.138. The number of aromatic nitrogens is 2. The zero-order valence-electron chi connectivity index (χ0n) is 12.3. The van der Waals surface area contributed by atoms with Crippen LogP contribution in [0.1, 0.15) is 38.7 Å². The van der Waals surface area contributed by atoms with Crippen molar-refractivity contribution in [1.82, 2.24) is 15.5 Å². The molecule has 5 heteroatoms. The van der Waals surface area contributed by atoms with E-state index in [1.165, 1.54) is 0 Å². The first-order chi connectivity index (χ1) is 9.66. The number of carbonyl (C=O) groups excluding carboxylic acids is 1. The molecule has 2 rings (SSSR count). The van der Waals surface area contributed by atoms with Gasteiger partial charge >= 0.3 is 0 Å². The molecule has 0 radical (unpaired) electrons. The Labute approximate surface area is 119 Å². The quantitative estimate of drug-likeness (QED) is 0.783. The molecule has 0 aliphatic heterocycles. The van der Waals surface area contributed by atoms with E-state index in [9.17, 15) is 4.79 Å². The van der Waals surface area contributed by atoms with E-state index in [2.05, 4.69) is 29.4 Å². The molecule has 0 aromatic carbocycles. The molecule has 2 unspecified atom stereocenters. The van der Waals surface area contributed by atoms with E-state index in [1.807, 2.05) is 0 Å². The van der Waals surface area contributed by atoms with Gasteiger partial charge in [-0.1, -0.05) is 13.8 Å². The Bertz CT molecular complexity index is 463. The molecule has 1 aromatic rings. The van der Waals surface area contributed by atoms with Crippen molar-refractivity contribution < 1.29 is 9.53 Å². The van der Waals surface area contributed by atoms with Crippen LogP contribution in [-0.2, 0) is 9.53 Å². The van der Waals surface area contributed by atoms with Crippen LogP contribution in [0.3, 0.4) is 0 Å². The summed E-state index contributed by atoms with van der Waals surface area (Å²) in [6.07, 6.45) is 9.90. The molecular weight excluding hydrogens is 254 g/mol. The number of amides is 1. The van der Waals surface area contributed by atoms with Crippen molar-refractivity contribution in [3.63, 3.8) is 0 Å². The van der Waals surface area contributed by atoms with Crippen LogP contribution in [0.4, 0.5) is 0 Å². The minimum Gasteiger partial charge on any atom is -0.381 e. The fourth-order valence-corrected chi connectivity index (χ4v) is 3.22. The number of methoxy groups -OCH3 is 1. The molecule has 2 atom stereocenters. The Morgan fingerprint density at radius 1 is 1.60 bits per heavy atom. The van der Waals surface area contributed by atoms with E-state index in [1.54, 1.807) is 31.7 Å². The van der Waals surface area contributed by atoms with Crippen molar-refractivity contribution in [2.24, 2.45) is 5.41 Å². The molecule has 1 fully saturated rings. The van der Waals surface area contributed by atoms with Gasteiger partial charge in [-0.2, -0.15) is 5.10 Å². The largest absolute Gasteiger partial charge is 0.381 e. The summed E-state index contributed by atoms with van der Waals surface area (Å²) in [5.74, 6) is -0.0583. The fourth-order valence-electron chi connectivity index (χ4n) is 3.22. The van der Waals surface area contributed by atoms with E-state index in [0.717, 1.165) is 24.8 Å². The third-order valence-electron chi connectivity index (χ3n) is 4.65. The van der Waals surface area contributed by atoms with Gasteiger partial charge in [-0.05, 0) is 25.3 Å². The van der Waals surface area contributed by atoms with Crippen molar-refractivity contribution in [3.05, 3.63) is 24.0 Å². The Morgan fingerprint density at radius 2 is 2.35 bits per heavy atom. The number of H-pyrrole nitrogens is 1. The minimum absolute atomic E-state index is 0.0583. The SMILES string of the molecule is CCC1(CC)C(NC(=O)C=Cc2cn[nH]c2)CC1OC. The molecule has 1 aliphatic rings. The van der Waals surface area contributed by atoms with Gasteiger partial charge in [0.25, 0.3) is 0 Å². The number of aromatic amines is 1. The maximum Gasteiger partial charge on any atom is 0.244 e. The van der Waals surface area contributed by atoms with Crippen LogP contribution in [0.5, 0.6) is 0 Å². The molecule has 1 aromatic heterocycles. The molecule has 110 valence electrons. The molecule has 0 saturated heterocycles. The molecular formula is C15H23N3O2. The number of nitrogens with zero attached hydrogens (tertiary/aromatic N) is 1. The molecule has 20 heavy (non-hydrogen) atoms. The number of rotatable bonds is 6. The fraction of sp³-hybridized carbons (Fsp3) is 0.600. The maximum atomic E-state index is 12.0. The van der Waals surface area contributed by atoms with Gasteiger partial charge in [0, 0.05) is 36.4 Å². The summed E-state index contributed by atoms with van der Waals surface area (Å²) >= 11 is 0. The van der Waals surface area contributed by atoms with Gasteiger partial charge in [0.15, 0.2) is 0 Å². The van der Waals surface area contributed by atoms with Crippen LogP contribution in [0.25, 0.3) is 6.08 Å². The van der Waals surface area contributed by atoms with Crippen LogP contribution in [0, 0.1) is 5.41 Å². The highest BCUT2D eigenvalue weighted by Crippen LogP contribution is 2.48. The van der Waals surface area contributed by atoms with E-state index in [0.29, 0.717) is 0 Å². The number of carbonyl (C=O) groups is 1. The van der Waals surface area contributed by atoms with Gasteiger partial charge in [0.2, 0.25) is 5.91 Å². The number of nitrogens with one attached hydrogen (secondary N) is 2. The van der Waals surface area contributed by atoms with E-state index in [4.69, 9.17) is 4.74 Å². The van der Waals surface area contributed by atoms with Gasteiger partial charge < -0.3 is 10.1 Å². The lowest BCUT2D eigenvalue weighted by atomic mass is 9.58. The van der Waals surface area contributed by atoms with Crippen molar-refractivity contribution in [2.45, 2.75) is 45.3 Å². The molecule has 1 saturated carbocycles. The number of hydrogen-bond donors (Lipinski definition) is 2. The average molecular weight is 277 g/mol. The van der Waals surface area contributed by atoms with Crippen LogP contribution < -0.4 is 5.32 Å². The zero-order chi connectivity index (χ0) is 14.6. The Kier molecular flexibility index (Phi) is 4.60. The van der Waals surface area contributed by atoms with Crippen LogP contribution in [0.15, 0.2) is 18.5 Å². The van der Waals surface area contributed by atoms with Crippen LogP contribution in [-0.4, -0.2) is 35.4 Å². The second-order valence-corrected chi connectivity index (χ2v) is 5.33. The summed E-state index contributed by atoms with van der Waals surface area (Å²) in [6.45, 7) is 4.32. The second-order valence-electron chi connectivity index (χ2n) is 5.33. The number of hydrogen-bond acceptors (Lipinski definition) is 3. The summed E-state index contributed by atoms with van der Waals surface area (Å²) in [5.41, 5.74) is 0.967. The van der Waals surface area contributed by atoms with Crippen LogP contribution >= 0.6 is 0 Å². The summed E-state index contributed by atoms with van der Waals surface area (Å²) in [7, 11) is 1.75. The summed E-state index contributed by atoms with van der Waals surface area (Å²) in [6, 6.07) is 0.198. The lowest BCUT2D eigenvalue weighted by Crippen LogP contribution is -2.64. The Hall–Kier alpha value is -1.62. The number of ether oxygens (including phenoxy) is 1. The average Bonchev–Trinajstić information content (AvgIpc) is 2.95. The molecule has 0 spiro atoms. The highest BCUT2D eigenvalue weighted by Gasteiger charge is 2.53. The van der Waals surface area contributed by atoms with E-state index < -0.39 is 0 Å². The van der Waals surface area contributed by atoms with E-state index >= 15 is 0 Å². The van der Waals surface area contributed by atoms with Crippen LogP contribution in [0.2, 0.25) is 0 Å². The normalized spacial score (nSPS) is 24.6. The lowest BCUT2D eigenvalue weighted by Gasteiger charge is -2.55. The first kappa shape index (κ1) is 14.8. The molecule has 1 aliphatic carbocycles. The summed E-state index contributed by atoms with van der Waals surface area (Å²) in [4.78, 5) is 12.0. The van der Waals surface area contributed by atoms with Crippen molar-refractivity contribution in [2.75, 3.05) is 7.11 Å². The Balaban J connectivity index is 1.94. The predicted octanol–water partition coefficient (Wildman–Crippen LogP) is 2.13. The first-order valence-electron chi connectivity index (χ1n) is 7.16. The molecule has 1 heterocycles. The molecule has 1 amide bonds. The smallest absolute Gasteiger partial charge is 0.244 e. The molecule has 0 bridgehead atoms. The van der Waals surface area contributed by atoms with Gasteiger partial charge in [0.1, 0.15) is 0 Å². The van der Waals surface area contributed by atoms with Gasteiger partial charge in [-0.25, -0.2) is 0 Å². The van der Waals surface area contributed by atoms with E-state index in [-0.39, 0.29) is 23.5 Å². The third-order valence-corrected chi connectivity index (χ3v) is 4.65. The molecule has 5 nitrogen and oxygen atoms in total. The summed E-state index contributed by atoms with van der Waals surface area (Å²) in [5, 5.41) is 9.65. The maximum absolute atomic E-state index is 12.0. The zero-order valence-corrected chi connectivity index (χ0v) is 12.3. The van der Waals surface area contributed by atoms with Gasteiger partial charge in [0.05, 0.1) is 12.3 Å². The molecule has 2 N–H and O–H groups in total. The van der Waals surface area contributed by atoms with Crippen molar-refractivity contribution in [3.8, 4) is 0 Å². The monoisotopic (exact) mass is 277 g/mol.